The lowest BCUT2D eigenvalue weighted by molar-refractivity contribution is 0.146. The molecule has 5 heteroatoms. The van der Waals surface area contributed by atoms with E-state index >= 15 is 0 Å². The lowest BCUT2D eigenvalue weighted by Gasteiger charge is -2.11. The molecule has 0 atom stereocenters. The molecule has 0 amide bonds. The van der Waals surface area contributed by atoms with E-state index in [-0.39, 0.29) is 0 Å². The maximum atomic E-state index is 5.70. The van der Waals surface area contributed by atoms with Crippen LogP contribution in [0, 0.1) is 0 Å². The van der Waals surface area contributed by atoms with Crippen molar-refractivity contribution in [3.8, 4) is 11.5 Å². The Morgan fingerprint density at radius 2 is 1.75 bits per heavy atom. The van der Waals surface area contributed by atoms with E-state index in [0.717, 1.165) is 37.6 Å². The first-order valence-corrected chi connectivity index (χ1v) is 7.61. The minimum Gasteiger partial charge on any atom is -0.490 e. The first-order chi connectivity index (χ1) is 9.88. The molecule has 0 saturated carbocycles. The van der Waals surface area contributed by atoms with Crippen LogP contribution >= 0.6 is 11.6 Å². The van der Waals surface area contributed by atoms with Gasteiger partial charge in [-0.25, -0.2) is 0 Å². The van der Waals surface area contributed by atoms with Crippen molar-refractivity contribution in [1.29, 1.82) is 0 Å². The van der Waals surface area contributed by atoms with Gasteiger partial charge in [0.2, 0.25) is 0 Å². The van der Waals surface area contributed by atoms with Crippen LogP contribution in [0.15, 0.2) is 24.3 Å². The zero-order chi connectivity index (χ0) is 14.5. The molecule has 4 nitrogen and oxygen atoms in total. The van der Waals surface area contributed by atoms with Crippen molar-refractivity contribution in [2.24, 2.45) is 0 Å². The van der Waals surface area contributed by atoms with Crippen molar-refractivity contribution in [3.05, 3.63) is 24.3 Å². The molecule has 0 spiro atoms. The average Bonchev–Trinajstić information content (AvgIpc) is 2.47. The van der Waals surface area contributed by atoms with E-state index in [4.69, 9.17) is 25.8 Å². The van der Waals surface area contributed by atoms with Gasteiger partial charge in [0.15, 0.2) is 11.5 Å². The summed E-state index contributed by atoms with van der Waals surface area (Å²) in [5, 5.41) is 3.31. The highest BCUT2D eigenvalue weighted by molar-refractivity contribution is 6.17. The van der Waals surface area contributed by atoms with Gasteiger partial charge in [0.25, 0.3) is 0 Å². The highest BCUT2D eigenvalue weighted by atomic mass is 35.5. The molecule has 20 heavy (non-hydrogen) atoms. The van der Waals surface area contributed by atoms with Crippen molar-refractivity contribution < 1.29 is 14.2 Å². The van der Waals surface area contributed by atoms with E-state index in [1.54, 1.807) is 0 Å². The van der Waals surface area contributed by atoms with E-state index in [9.17, 15) is 0 Å². The Kier molecular flexibility index (Phi) is 10.1. The van der Waals surface area contributed by atoms with Gasteiger partial charge in [0, 0.05) is 19.0 Å². The number of halogens is 1. The number of rotatable bonds is 12. The van der Waals surface area contributed by atoms with Gasteiger partial charge in [-0.1, -0.05) is 12.1 Å². The number of para-hydroxylation sites is 2. The second-order valence-electron chi connectivity index (χ2n) is 4.13. The van der Waals surface area contributed by atoms with Gasteiger partial charge in [-0.2, -0.15) is 0 Å². The van der Waals surface area contributed by atoms with Gasteiger partial charge < -0.3 is 19.5 Å². The molecule has 0 bridgehead atoms. The summed E-state index contributed by atoms with van der Waals surface area (Å²) in [5.74, 6) is 2.15. The zero-order valence-electron chi connectivity index (χ0n) is 12.1. The predicted octanol–water partition coefficient (Wildman–Crippen LogP) is 2.70. The third-order valence-electron chi connectivity index (χ3n) is 2.55. The summed E-state index contributed by atoms with van der Waals surface area (Å²) < 4.78 is 16.5. The molecule has 1 aromatic rings. The Bertz CT molecular complexity index is 350. The lowest BCUT2D eigenvalue weighted by Crippen LogP contribution is -2.23. The number of alkyl halides is 1. The van der Waals surface area contributed by atoms with Gasteiger partial charge in [-0.15, -0.1) is 11.6 Å². The molecule has 0 unspecified atom stereocenters. The Morgan fingerprint density at radius 1 is 1.00 bits per heavy atom. The molecule has 0 aliphatic heterocycles. The second-order valence-corrected chi connectivity index (χ2v) is 4.51. The molecule has 1 rings (SSSR count). The molecule has 0 aliphatic rings. The molecular weight excluding hydrogens is 278 g/mol. The third-order valence-corrected chi connectivity index (χ3v) is 2.70. The summed E-state index contributed by atoms with van der Waals surface area (Å²) in [4.78, 5) is 0. The SMILES string of the molecule is CCOc1ccccc1OCCNCCCOCCCl. The minimum atomic E-state index is 0.556. The van der Waals surface area contributed by atoms with E-state index in [2.05, 4.69) is 5.32 Å². The molecule has 0 aromatic heterocycles. The fourth-order valence-electron chi connectivity index (χ4n) is 1.66. The summed E-state index contributed by atoms with van der Waals surface area (Å²) in [5.41, 5.74) is 0. The Labute approximate surface area is 126 Å². The fourth-order valence-corrected chi connectivity index (χ4v) is 1.77. The maximum Gasteiger partial charge on any atom is 0.161 e. The summed E-state index contributed by atoms with van der Waals surface area (Å²) in [7, 11) is 0. The van der Waals surface area contributed by atoms with Crippen LogP contribution in [0.5, 0.6) is 11.5 Å². The number of ether oxygens (including phenoxy) is 3. The smallest absolute Gasteiger partial charge is 0.161 e. The van der Waals surface area contributed by atoms with Gasteiger partial charge in [-0.05, 0) is 32.0 Å². The molecule has 0 fully saturated rings. The highest BCUT2D eigenvalue weighted by Crippen LogP contribution is 2.25. The molecule has 1 N–H and O–H groups in total. The van der Waals surface area contributed by atoms with Gasteiger partial charge >= 0.3 is 0 Å². The third kappa shape index (κ3) is 7.58. The van der Waals surface area contributed by atoms with Crippen LogP contribution in [0.1, 0.15) is 13.3 Å². The van der Waals surface area contributed by atoms with Crippen molar-refractivity contribution in [1.82, 2.24) is 5.32 Å². The van der Waals surface area contributed by atoms with Crippen LogP contribution in [0.2, 0.25) is 0 Å². The van der Waals surface area contributed by atoms with Crippen LogP contribution in [-0.2, 0) is 4.74 Å². The molecule has 0 radical (unpaired) electrons. The van der Waals surface area contributed by atoms with E-state index in [1.165, 1.54) is 0 Å². The topological polar surface area (TPSA) is 39.7 Å². The van der Waals surface area contributed by atoms with Crippen LogP contribution in [0.4, 0.5) is 0 Å². The molecule has 0 heterocycles. The highest BCUT2D eigenvalue weighted by Gasteiger charge is 2.02. The summed E-state index contributed by atoms with van der Waals surface area (Å²) in [6.07, 6.45) is 0.979. The largest absolute Gasteiger partial charge is 0.490 e. The van der Waals surface area contributed by atoms with Crippen LogP contribution in [0.3, 0.4) is 0 Å². The van der Waals surface area contributed by atoms with Crippen molar-refractivity contribution in [2.45, 2.75) is 13.3 Å². The van der Waals surface area contributed by atoms with Crippen LogP contribution in [0.25, 0.3) is 0 Å². The number of hydrogen-bond acceptors (Lipinski definition) is 4. The van der Waals surface area contributed by atoms with Crippen molar-refractivity contribution >= 4 is 11.6 Å². The summed E-state index contributed by atoms with van der Waals surface area (Å²) >= 11 is 5.51. The Balaban J connectivity index is 2.06. The van der Waals surface area contributed by atoms with Gasteiger partial charge in [0.1, 0.15) is 6.61 Å². The monoisotopic (exact) mass is 301 g/mol. The normalized spacial score (nSPS) is 10.5. The lowest BCUT2D eigenvalue weighted by atomic mass is 10.3. The van der Waals surface area contributed by atoms with Gasteiger partial charge in [0.05, 0.1) is 13.2 Å². The molecule has 114 valence electrons. The number of hydrogen-bond donors (Lipinski definition) is 1. The van der Waals surface area contributed by atoms with E-state index in [1.807, 2.05) is 31.2 Å². The standard InChI is InChI=1S/C15H24ClNO3/c1-2-19-14-6-3-4-7-15(14)20-13-10-17-9-5-11-18-12-8-16/h3-4,6-7,17H,2,5,8-13H2,1H3. The molecule has 1 aromatic carbocycles. The van der Waals surface area contributed by atoms with E-state index < -0.39 is 0 Å². The van der Waals surface area contributed by atoms with Crippen LogP contribution in [-0.4, -0.2) is 45.4 Å². The molecule has 0 aliphatic carbocycles. The number of nitrogens with one attached hydrogen (secondary N) is 1. The maximum absolute atomic E-state index is 5.70. The fraction of sp³-hybridized carbons (Fsp3) is 0.600. The predicted molar refractivity (Wildman–Crippen MR) is 82.1 cm³/mol. The Hall–Kier alpha value is -0.970. The second kappa shape index (κ2) is 11.8. The minimum absolute atomic E-state index is 0.556. The first kappa shape index (κ1) is 17.1. The zero-order valence-corrected chi connectivity index (χ0v) is 12.8. The Morgan fingerprint density at radius 3 is 2.45 bits per heavy atom. The summed E-state index contributed by atoms with van der Waals surface area (Å²) in [6, 6.07) is 7.72. The first-order valence-electron chi connectivity index (χ1n) is 7.07. The van der Waals surface area contributed by atoms with Crippen LogP contribution < -0.4 is 14.8 Å². The number of benzene rings is 1. The quantitative estimate of drug-likeness (QED) is 0.476. The van der Waals surface area contributed by atoms with Crippen molar-refractivity contribution in [3.63, 3.8) is 0 Å². The van der Waals surface area contributed by atoms with Crippen molar-refractivity contribution in [2.75, 3.05) is 45.4 Å². The van der Waals surface area contributed by atoms with E-state index in [0.29, 0.717) is 25.7 Å². The average molecular weight is 302 g/mol. The molecular formula is C15H24ClNO3. The summed E-state index contributed by atoms with van der Waals surface area (Å²) in [6.45, 7) is 6.31. The van der Waals surface area contributed by atoms with Gasteiger partial charge in [-0.3, -0.25) is 0 Å². The molecule has 0 saturated heterocycles.